The van der Waals surface area contributed by atoms with E-state index in [1.165, 1.54) is 33.4 Å². The third-order valence-corrected chi connectivity index (χ3v) is 12.8. The van der Waals surface area contributed by atoms with Crippen LogP contribution in [0, 0.1) is 0 Å². The second-order valence-corrected chi connectivity index (χ2v) is 16.3. The minimum absolute atomic E-state index is 0.489. The molecule has 0 spiro atoms. The normalized spacial score (nSPS) is 12.6. The molecule has 10 aromatic carbocycles. The molecule has 0 radical (unpaired) electrons. The lowest BCUT2D eigenvalue weighted by Gasteiger charge is -2.34. The number of hydrogen-bond donors (Lipinski definition) is 0. The Bertz CT molecular complexity index is 3450. The molecule has 63 heavy (non-hydrogen) atoms. The summed E-state index contributed by atoms with van der Waals surface area (Å²) < 4.78 is 0. The van der Waals surface area contributed by atoms with Crippen molar-refractivity contribution >= 4 is 21.5 Å². The lowest BCUT2D eigenvalue weighted by atomic mass is 9.67. The Kier molecular flexibility index (Phi) is 8.72. The first-order valence-corrected chi connectivity index (χ1v) is 21.5. The van der Waals surface area contributed by atoms with Crippen LogP contribution in [-0.2, 0) is 5.41 Å². The monoisotopic (exact) mass is 801 g/mol. The van der Waals surface area contributed by atoms with E-state index in [1.807, 2.05) is 18.2 Å². The van der Waals surface area contributed by atoms with E-state index in [9.17, 15) is 0 Å². The molecule has 1 aromatic heterocycles. The van der Waals surface area contributed by atoms with Gasteiger partial charge in [-0.25, -0.2) is 15.0 Å². The number of aromatic nitrogens is 3. The maximum absolute atomic E-state index is 5.37. The minimum atomic E-state index is -0.489. The summed E-state index contributed by atoms with van der Waals surface area (Å²) in [6.07, 6.45) is 0. The summed E-state index contributed by atoms with van der Waals surface area (Å²) in [5, 5.41) is 4.44. The van der Waals surface area contributed by atoms with Crippen LogP contribution in [0.2, 0.25) is 0 Å². The van der Waals surface area contributed by atoms with E-state index in [-0.39, 0.29) is 0 Å². The van der Waals surface area contributed by atoms with Crippen molar-refractivity contribution in [3.63, 3.8) is 0 Å². The molecular formula is C60H39N3. The summed E-state index contributed by atoms with van der Waals surface area (Å²) in [4.78, 5) is 15.8. The van der Waals surface area contributed by atoms with Crippen molar-refractivity contribution in [3.8, 4) is 67.5 Å². The summed E-state index contributed by atoms with van der Waals surface area (Å²) >= 11 is 0. The van der Waals surface area contributed by atoms with Crippen molar-refractivity contribution in [2.75, 3.05) is 0 Å². The third kappa shape index (κ3) is 6.01. The maximum atomic E-state index is 5.37. The summed E-state index contributed by atoms with van der Waals surface area (Å²) in [7, 11) is 0. The third-order valence-electron chi connectivity index (χ3n) is 12.8. The Morgan fingerprint density at radius 2 is 0.746 bits per heavy atom. The van der Waals surface area contributed by atoms with Crippen LogP contribution in [0.4, 0.5) is 0 Å². The predicted octanol–water partition coefficient (Wildman–Crippen LogP) is 14.9. The molecule has 0 N–H and O–H groups in total. The molecule has 3 heteroatoms. The van der Waals surface area contributed by atoms with Gasteiger partial charge < -0.3 is 0 Å². The van der Waals surface area contributed by atoms with Gasteiger partial charge in [-0.2, -0.15) is 0 Å². The Hall–Kier alpha value is -8.27. The molecule has 11 aromatic rings. The number of rotatable bonds is 7. The highest BCUT2D eigenvalue weighted by Crippen LogP contribution is 2.57. The van der Waals surface area contributed by atoms with E-state index in [2.05, 4.69) is 218 Å². The predicted molar refractivity (Wildman–Crippen MR) is 259 cm³/mol. The van der Waals surface area contributed by atoms with E-state index < -0.39 is 5.41 Å². The number of fused-ring (bicyclic) bond motifs is 5. The van der Waals surface area contributed by atoms with E-state index in [1.54, 1.807) is 0 Å². The smallest absolute Gasteiger partial charge is 0.164 e. The molecule has 0 bridgehead atoms. The summed E-state index contributed by atoms with van der Waals surface area (Å²) in [6.45, 7) is 0. The lowest BCUT2D eigenvalue weighted by molar-refractivity contribution is 0.769. The van der Waals surface area contributed by atoms with Crippen molar-refractivity contribution in [1.29, 1.82) is 0 Å². The average Bonchev–Trinajstić information content (AvgIpc) is 3.67. The topological polar surface area (TPSA) is 38.7 Å². The Labute approximate surface area is 366 Å². The van der Waals surface area contributed by atoms with E-state index in [0.717, 1.165) is 60.5 Å². The van der Waals surface area contributed by atoms with Crippen LogP contribution in [0.25, 0.3) is 89.1 Å². The van der Waals surface area contributed by atoms with Crippen molar-refractivity contribution in [3.05, 3.63) is 259 Å². The Morgan fingerprint density at radius 3 is 1.44 bits per heavy atom. The molecule has 0 saturated heterocycles. The van der Waals surface area contributed by atoms with Gasteiger partial charge >= 0.3 is 0 Å². The zero-order chi connectivity index (χ0) is 41.7. The van der Waals surface area contributed by atoms with Gasteiger partial charge in [-0.1, -0.05) is 212 Å². The van der Waals surface area contributed by atoms with Crippen molar-refractivity contribution in [1.82, 2.24) is 15.0 Å². The van der Waals surface area contributed by atoms with Gasteiger partial charge in [0.15, 0.2) is 17.5 Å². The molecule has 294 valence electrons. The fraction of sp³-hybridized carbons (Fsp3) is 0.0167. The van der Waals surface area contributed by atoms with Gasteiger partial charge in [0.1, 0.15) is 0 Å². The van der Waals surface area contributed by atoms with Gasteiger partial charge in [0.25, 0.3) is 0 Å². The first-order valence-electron chi connectivity index (χ1n) is 21.5. The molecule has 1 aliphatic carbocycles. The lowest BCUT2D eigenvalue weighted by Crippen LogP contribution is -2.28. The molecular weight excluding hydrogens is 763 g/mol. The second kappa shape index (κ2) is 15.0. The number of benzene rings is 10. The molecule has 0 unspecified atom stereocenters. The SMILES string of the molecule is c1ccc(-c2cc(-c3nc(-c4ccccc4)nc(-c4ccc(-c5ccc6c(c5)C(c5ccccc5)(c5ccccc5)c5ccccc5-6)c5ccccc45)n3)c3ccccc3c2)cc1. The fourth-order valence-electron chi connectivity index (χ4n) is 9.98. The molecule has 12 rings (SSSR count). The summed E-state index contributed by atoms with van der Waals surface area (Å²) in [5.74, 6) is 1.90. The van der Waals surface area contributed by atoms with E-state index >= 15 is 0 Å². The molecule has 0 atom stereocenters. The van der Waals surface area contributed by atoms with Gasteiger partial charge in [-0.05, 0) is 101 Å². The molecule has 1 heterocycles. The molecule has 0 amide bonds. The van der Waals surface area contributed by atoms with Crippen LogP contribution in [0.5, 0.6) is 0 Å². The minimum Gasteiger partial charge on any atom is -0.208 e. The molecule has 0 aliphatic heterocycles. The molecule has 0 fully saturated rings. The number of nitrogens with zero attached hydrogens (tertiary/aromatic N) is 3. The maximum Gasteiger partial charge on any atom is 0.164 e. The van der Waals surface area contributed by atoms with Crippen molar-refractivity contribution in [2.45, 2.75) is 5.41 Å². The van der Waals surface area contributed by atoms with Crippen LogP contribution in [0.3, 0.4) is 0 Å². The van der Waals surface area contributed by atoms with Gasteiger partial charge in [-0.3, -0.25) is 0 Å². The highest BCUT2D eigenvalue weighted by Gasteiger charge is 2.46. The van der Waals surface area contributed by atoms with Crippen LogP contribution in [-0.4, -0.2) is 15.0 Å². The van der Waals surface area contributed by atoms with Gasteiger partial charge in [0.05, 0.1) is 5.41 Å². The van der Waals surface area contributed by atoms with Gasteiger partial charge in [0.2, 0.25) is 0 Å². The van der Waals surface area contributed by atoms with Crippen molar-refractivity contribution in [2.24, 2.45) is 0 Å². The van der Waals surface area contributed by atoms with Gasteiger partial charge in [-0.15, -0.1) is 0 Å². The van der Waals surface area contributed by atoms with E-state index in [0.29, 0.717) is 17.5 Å². The van der Waals surface area contributed by atoms with Gasteiger partial charge in [0, 0.05) is 16.7 Å². The first kappa shape index (κ1) is 36.6. The van der Waals surface area contributed by atoms with Crippen LogP contribution >= 0.6 is 0 Å². The van der Waals surface area contributed by atoms with E-state index in [4.69, 9.17) is 15.0 Å². The summed E-state index contributed by atoms with van der Waals surface area (Å²) in [6, 6.07) is 84.8. The first-order chi connectivity index (χ1) is 31.2. The molecule has 3 nitrogen and oxygen atoms in total. The zero-order valence-electron chi connectivity index (χ0n) is 34.4. The Balaban J connectivity index is 1.06. The second-order valence-electron chi connectivity index (χ2n) is 16.3. The zero-order valence-corrected chi connectivity index (χ0v) is 34.4. The van der Waals surface area contributed by atoms with Crippen molar-refractivity contribution < 1.29 is 0 Å². The average molecular weight is 802 g/mol. The molecule has 0 saturated carbocycles. The van der Waals surface area contributed by atoms with Crippen LogP contribution in [0.1, 0.15) is 22.3 Å². The Morgan fingerprint density at radius 1 is 0.254 bits per heavy atom. The molecule has 1 aliphatic rings. The largest absolute Gasteiger partial charge is 0.208 e. The van der Waals surface area contributed by atoms with Crippen LogP contribution in [0.15, 0.2) is 237 Å². The highest BCUT2D eigenvalue weighted by molar-refractivity contribution is 6.05. The standard InChI is InChI=1S/C60H39N3/c1-5-19-40(20-6-1)44-37-42-23-13-14-28-47(42)54(38-44)59-62-57(41-21-7-2-8-22-41)61-58(63-59)53-36-35-48(49-29-15-16-30-50(49)53)43-33-34-52-51-31-17-18-32-55(51)60(56(52)39-43,45-24-9-3-10-25-45)46-26-11-4-12-27-46/h1-39H. The van der Waals surface area contributed by atoms with Crippen LogP contribution < -0.4 is 0 Å². The fourth-order valence-corrected chi connectivity index (χ4v) is 9.98. The summed E-state index contributed by atoms with van der Waals surface area (Å²) in [5.41, 5.74) is 14.6. The highest BCUT2D eigenvalue weighted by atomic mass is 15.0. The number of hydrogen-bond acceptors (Lipinski definition) is 3. The quantitative estimate of drug-likeness (QED) is 0.161.